The van der Waals surface area contributed by atoms with Gasteiger partial charge >= 0.3 is 0 Å². The van der Waals surface area contributed by atoms with Gasteiger partial charge in [-0.05, 0) is 38.8 Å². The Bertz CT molecular complexity index is 788. The number of rotatable bonds is 24. The van der Waals surface area contributed by atoms with E-state index >= 15 is 0 Å². The minimum absolute atomic E-state index is 0.193. The minimum Gasteiger partial charge on any atom is -0.485 e. The summed E-state index contributed by atoms with van der Waals surface area (Å²) in [5, 5.41) is 6.59. The minimum atomic E-state index is -4.02. The van der Waals surface area contributed by atoms with Gasteiger partial charge in [-0.25, -0.2) is 0 Å². The molecule has 2 heterocycles. The van der Waals surface area contributed by atoms with E-state index in [2.05, 4.69) is 26.1 Å². The Kier molecular flexibility index (Phi) is 22.9. The first-order valence-electron chi connectivity index (χ1n) is 16.0. The normalized spacial score (nSPS) is 15.4. The smallest absolute Gasteiger partial charge is 0.267 e. The molecule has 40 heavy (non-hydrogen) atoms. The van der Waals surface area contributed by atoms with Crippen LogP contribution in [0.3, 0.4) is 0 Å². The first-order chi connectivity index (χ1) is 19.4. The quantitative estimate of drug-likeness (QED) is 0.0902. The average molecular weight is 606 g/mol. The van der Waals surface area contributed by atoms with Crippen molar-refractivity contribution in [3.63, 3.8) is 0 Å². The highest BCUT2D eigenvalue weighted by Gasteiger charge is 2.24. The molecule has 236 valence electrons. The number of thiophene rings is 1. The molecule has 9 heteroatoms. The molecule has 2 atom stereocenters. The van der Waals surface area contributed by atoms with Crippen LogP contribution in [-0.4, -0.2) is 57.2 Å². The van der Waals surface area contributed by atoms with Gasteiger partial charge in [-0.3, -0.25) is 4.55 Å². The van der Waals surface area contributed by atoms with Gasteiger partial charge in [-0.2, -0.15) is 8.42 Å². The molecule has 2 N–H and O–H groups in total. The fourth-order valence-corrected chi connectivity index (χ4v) is 6.15. The van der Waals surface area contributed by atoms with Crippen LogP contribution in [0.25, 0.3) is 0 Å². The highest BCUT2D eigenvalue weighted by molar-refractivity contribution is 7.86. The zero-order chi connectivity index (χ0) is 29.3. The molecule has 2 rings (SSSR count). The van der Waals surface area contributed by atoms with Gasteiger partial charge in [0, 0.05) is 17.4 Å². The molecule has 0 spiro atoms. The number of hydrogen-bond donors (Lipinski definition) is 2. The SMILES string of the molecule is CCCCCC(CCOCC1COc2cscc2O1)S(=O)(=O)O.CCCCCCCCNCCCCCCCC. The molecule has 1 aromatic heterocycles. The van der Waals surface area contributed by atoms with E-state index in [9.17, 15) is 13.0 Å². The molecule has 0 bridgehead atoms. The molecule has 1 aliphatic rings. The van der Waals surface area contributed by atoms with E-state index in [0.29, 0.717) is 26.1 Å². The summed E-state index contributed by atoms with van der Waals surface area (Å²) in [6.07, 6.45) is 20.2. The van der Waals surface area contributed by atoms with Crippen LogP contribution in [-0.2, 0) is 14.9 Å². The Morgan fingerprint density at radius 3 is 2.00 bits per heavy atom. The molecular weight excluding hydrogens is 546 g/mol. The second-order valence-corrected chi connectivity index (χ2v) is 13.4. The summed E-state index contributed by atoms with van der Waals surface area (Å²) in [7, 11) is -4.02. The molecular formula is C31H59NO6S2. The van der Waals surface area contributed by atoms with Crippen molar-refractivity contribution in [3.8, 4) is 11.5 Å². The van der Waals surface area contributed by atoms with Gasteiger partial charge in [0.05, 0.1) is 11.9 Å². The van der Waals surface area contributed by atoms with Crippen molar-refractivity contribution in [2.75, 3.05) is 32.9 Å². The third-order valence-electron chi connectivity index (χ3n) is 7.16. The molecule has 0 amide bonds. The van der Waals surface area contributed by atoms with Crippen LogP contribution in [0.1, 0.15) is 130 Å². The first kappa shape index (κ1) is 37.2. The number of ether oxygens (including phenoxy) is 3. The van der Waals surface area contributed by atoms with Crippen molar-refractivity contribution in [2.24, 2.45) is 0 Å². The van der Waals surface area contributed by atoms with Crippen LogP contribution < -0.4 is 14.8 Å². The lowest BCUT2D eigenvalue weighted by Crippen LogP contribution is -2.33. The van der Waals surface area contributed by atoms with Crippen LogP contribution in [0.2, 0.25) is 0 Å². The Hall–Kier alpha value is -0.870. The van der Waals surface area contributed by atoms with Crippen molar-refractivity contribution in [2.45, 2.75) is 141 Å². The van der Waals surface area contributed by atoms with E-state index in [1.54, 1.807) is 0 Å². The van der Waals surface area contributed by atoms with E-state index in [1.165, 1.54) is 101 Å². The van der Waals surface area contributed by atoms with Crippen molar-refractivity contribution in [1.29, 1.82) is 0 Å². The predicted molar refractivity (Wildman–Crippen MR) is 169 cm³/mol. The summed E-state index contributed by atoms with van der Waals surface area (Å²) in [5.41, 5.74) is 0. The Labute approximate surface area is 249 Å². The lowest BCUT2D eigenvalue weighted by molar-refractivity contribution is 0.00849. The monoisotopic (exact) mass is 605 g/mol. The van der Waals surface area contributed by atoms with E-state index in [4.69, 9.17) is 14.2 Å². The van der Waals surface area contributed by atoms with Crippen LogP contribution in [0.5, 0.6) is 11.5 Å². The predicted octanol–water partition coefficient (Wildman–Crippen LogP) is 8.43. The third-order valence-corrected chi connectivity index (χ3v) is 9.18. The van der Waals surface area contributed by atoms with Crippen molar-refractivity contribution in [3.05, 3.63) is 10.8 Å². The summed E-state index contributed by atoms with van der Waals surface area (Å²) in [6, 6.07) is 0. The maximum Gasteiger partial charge on any atom is 0.267 e. The molecule has 0 saturated carbocycles. The molecule has 0 saturated heterocycles. The van der Waals surface area contributed by atoms with E-state index in [1.807, 2.05) is 10.8 Å². The molecule has 1 aliphatic heterocycles. The summed E-state index contributed by atoms with van der Waals surface area (Å²) < 4.78 is 48.8. The molecule has 7 nitrogen and oxygen atoms in total. The maximum absolute atomic E-state index is 11.4. The second-order valence-electron chi connectivity index (χ2n) is 10.9. The van der Waals surface area contributed by atoms with Gasteiger partial charge < -0.3 is 19.5 Å². The van der Waals surface area contributed by atoms with E-state index < -0.39 is 15.4 Å². The number of hydrogen-bond acceptors (Lipinski definition) is 7. The topological polar surface area (TPSA) is 94.1 Å². The summed E-state index contributed by atoms with van der Waals surface area (Å²) in [5.74, 6) is 1.49. The standard InChI is InChI=1S/C16H35N.C15H24O6S2/c1-3-5-7-9-11-13-15-17-16-14-12-10-8-6-4-2;1-2-3-4-5-13(23(16,17)18)6-7-19-8-12-9-20-14-10-22-11-15(14)21-12/h17H,3-16H2,1-2H3;10-13H,2-9H2,1H3,(H,16,17,18). The zero-order valence-electron chi connectivity index (χ0n) is 25.7. The Morgan fingerprint density at radius 1 is 0.850 bits per heavy atom. The van der Waals surface area contributed by atoms with Crippen LogP contribution in [0, 0.1) is 0 Å². The van der Waals surface area contributed by atoms with Gasteiger partial charge in [0.2, 0.25) is 0 Å². The highest BCUT2D eigenvalue weighted by atomic mass is 32.2. The third kappa shape index (κ3) is 19.3. The van der Waals surface area contributed by atoms with Crippen molar-refractivity contribution < 1.29 is 27.2 Å². The van der Waals surface area contributed by atoms with Gasteiger partial charge in [-0.1, -0.05) is 104 Å². The molecule has 0 fully saturated rings. The van der Waals surface area contributed by atoms with Gasteiger partial charge in [0.25, 0.3) is 10.1 Å². The van der Waals surface area contributed by atoms with Crippen molar-refractivity contribution >= 4 is 21.5 Å². The molecule has 0 radical (unpaired) electrons. The van der Waals surface area contributed by atoms with Gasteiger partial charge in [0.15, 0.2) is 17.6 Å². The highest BCUT2D eigenvalue weighted by Crippen LogP contribution is 2.35. The number of fused-ring (bicyclic) bond motifs is 1. The van der Waals surface area contributed by atoms with Crippen LogP contribution in [0.4, 0.5) is 0 Å². The summed E-state index contributed by atoms with van der Waals surface area (Å²) in [4.78, 5) is 0. The number of unbranched alkanes of at least 4 members (excludes halogenated alkanes) is 12. The lowest BCUT2D eigenvalue weighted by atomic mass is 10.1. The van der Waals surface area contributed by atoms with Crippen LogP contribution >= 0.6 is 11.3 Å². The lowest BCUT2D eigenvalue weighted by Gasteiger charge is -2.24. The fraction of sp³-hybridized carbons (Fsp3) is 0.871. The molecule has 2 unspecified atom stereocenters. The second kappa shape index (κ2) is 24.7. The van der Waals surface area contributed by atoms with Crippen LogP contribution in [0.15, 0.2) is 10.8 Å². The van der Waals surface area contributed by atoms with Crippen molar-refractivity contribution in [1.82, 2.24) is 5.32 Å². The molecule has 0 aliphatic carbocycles. The zero-order valence-corrected chi connectivity index (χ0v) is 27.3. The van der Waals surface area contributed by atoms with E-state index in [-0.39, 0.29) is 12.7 Å². The van der Waals surface area contributed by atoms with Gasteiger partial charge in [0.1, 0.15) is 6.61 Å². The van der Waals surface area contributed by atoms with Gasteiger partial charge in [-0.15, -0.1) is 11.3 Å². The summed E-state index contributed by atoms with van der Waals surface area (Å²) >= 11 is 1.52. The summed E-state index contributed by atoms with van der Waals surface area (Å²) in [6.45, 7) is 10.1. The Morgan fingerprint density at radius 2 is 1.40 bits per heavy atom. The molecule has 1 aromatic rings. The molecule has 0 aromatic carbocycles. The maximum atomic E-state index is 11.4. The Balaban J connectivity index is 0.000000421. The number of nitrogens with one attached hydrogen (secondary N) is 1. The van der Waals surface area contributed by atoms with E-state index in [0.717, 1.165) is 30.8 Å². The fourth-order valence-electron chi connectivity index (χ4n) is 4.62. The first-order valence-corrected chi connectivity index (χ1v) is 18.5. The average Bonchev–Trinajstić information content (AvgIpc) is 3.40. The largest absolute Gasteiger partial charge is 0.485 e.